The molecule has 3 rings (SSSR count). The molecule has 2 unspecified atom stereocenters. The van der Waals surface area contributed by atoms with E-state index < -0.39 is 21.0 Å². The molecule has 0 saturated carbocycles. The predicted molar refractivity (Wildman–Crippen MR) is 106 cm³/mol. The minimum atomic E-state index is -3.90. The number of rotatable bonds is 4. The van der Waals surface area contributed by atoms with E-state index in [1.807, 2.05) is 6.92 Å². The standard InChI is InChI=1S/C17H24N4O5S.ClH/c1-13-12-19(11-9-18-13)17(22)16-4-2-3-10-20(16)27(25,26)15-7-5-14(6-8-15)21(23)24;/h5-8,13,16,18H,2-4,9-12H2,1H3;1H. The fourth-order valence-corrected chi connectivity index (χ4v) is 5.31. The van der Waals surface area contributed by atoms with Crippen molar-refractivity contribution in [3.63, 3.8) is 0 Å². The average molecular weight is 433 g/mol. The molecule has 1 N–H and O–H groups in total. The Labute approximate surface area is 170 Å². The van der Waals surface area contributed by atoms with Gasteiger partial charge in [0.05, 0.1) is 9.82 Å². The van der Waals surface area contributed by atoms with Crippen molar-refractivity contribution in [1.29, 1.82) is 0 Å². The number of carbonyl (C=O) groups is 1. The molecule has 28 heavy (non-hydrogen) atoms. The highest BCUT2D eigenvalue weighted by Gasteiger charge is 2.40. The van der Waals surface area contributed by atoms with E-state index in [1.54, 1.807) is 4.90 Å². The molecule has 0 bridgehead atoms. The lowest BCUT2D eigenvalue weighted by atomic mass is 10.0. The van der Waals surface area contributed by atoms with Gasteiger partial charge in [-0.1, -0.05) is 6.42 Å². The molecule has 1 amide bonds. The summed E-state index contributed by atoms with van der Waals surface area (Å²) < 4.78 is 27.5. The van der Waals surface area contributed by atoms with Crippen molar-refractivity contribution >= 4 is 34.0 Å². The Hall–Kier alpha value is -1.75. The molecule has 1 aromatic rings. The first-order chi connectivity index (χ1) is 12.8. The monoisotopic (exact) mass is 432 g/mol. The normalized spacial score (nSPS) is 23.7. The second-order valence-electron chi connectivity index (χ2n) is 7.02. The second kappa shape index (κ2) is 9.17. The van der Waals surface area contributed by atoms with Crippen LogP contribution in [-0.4, -0.2) is 66.7 Å². The molecule has 0 aliphatic carbocycles. The number of sulfonamides is 1. The fourth-order valence-electron chi connectivity index (χ4n) is 3.66. The molecule has 156 valence electrons. The topological polar surface area (TPSA) is 113 Å². The highest BCUT2D eigenvalue weighted by molar-refractivity contribution is 7.89. The number of amides is 1. The number of halogens is 1. The van der Waals surface area contributed by atoms with E-state index >= 15 is 0 Å². The third-order valence-corrected chi connectivity index (χ3v) is 7.00. The van der Waals surface area contributed by atoms with Crippen molar-refractivity contribution in [2.24, 2.45) is 0 Å². The molecule has 0 radical (unpaired) electrons. The van der Waals surface area contributed by atoms with E-state index in [2.05, 4.69) is 5.32 Å². The minimum absolute atomic E-state index is 0. The zero-order valence-corrected chi connectivity index (χ0v) is 17.2. The van der Waals surface area contributed by atoms with Gasteiger partial charge in [0.15, 0.2) is 0 Å². The number of nitro groups is 1. The highest BCUT2D eigenvalue weighted by Crippen LogP contribution is 2.28. The van der Waals surface area contributed by atoms with E-state index in [0.29, 0.717) is 32.5 Å². The first-order valence-electron chi connectivity index (χ1n) is 9.09. The second-order valence-corrected chi connectivity index (χ2v) is 8.91. The largest absolute Gasteiger partial charge is 0.338 e. The number of carbonyl (C=O) groups excluding carboxylic acids is 1. The Morgan fingerprint density at radius 2 is 1.89 bits per heavy atom. The van der Waals surface area contributed by atoms with Gasteiger partial charge in [-0.25, -0.2) is 8.42 Å². The minimum Gasteiger partial charge on any atom is -0.338 e. The summed E-state index contributed by atoms with van der Waals surface area (Å²) in [6.45, 7) is 4.07. The molecule has 2 fully saturated rings. The SMILES string of the molecule is CC1CN(C(=O)C2CCCCN2S(=O)(=O)c2ccc([N+](=O)[O-])cc2)CCN1.Cl. The molecule has 9 nitrogen and oxygen atoms in total. The summed E-state index contributed by atoms with van der Waals surface area (Å²) in [5, 5.41) is 14.1. The summed E-state index contributed by atoms with van der Waals surface area (Å²) in [4.78, 5) is 25.0. The van der Waals surface area contributed by atoms with Crippen LogP contribution in [0, 0.1) is 10.1 Å². The zero-order chi connectivity index (χ0) is 19.6. The summed E-state index contributed by atoms with van der Waals surface area (Å²) in [5.74, 6) is -0.159. The molecule has 2 heterocycles. The number of nitrogens with zero attached hydrogens (tertiary/aromatic N) is 3. The lowest BCUT2D eigenvalue weighted by Crippen LogP contribution is -2.58. The van der Waals surface area contributed by atoms with Gasteiger partial charge in [-0.05, 0) is 31.9 Å². The molecule has 0 aromatic heterocycles. The summed E-state index contributed by atoms with van der Waals surface area (Å²) in [6.07, 6.45) is 1.97. The molecule has 2 saturated heterocycles. The first-order valence-corrected chi connectivity index (χ1v) is 10.5. The van der Waals surface area contributed by atoms with Crippen molar-refractivity contribution in [3.8, 4) is 0 Å². The molecule has 0 spiro atoms. The van der Waals surface area contributed by atoms with Crippen LogP contribution >= 0.6 is 12.4 Å². The number of non-ortho nitro benzene ring substituents is 1. The molecule has 2 aliphatic heterocycles. The van der Waals surface area contributed by atoms with Crippen LogP contribution in [0.25, 0.3) is 0 Å². The molecular weight excluding hydrogens is 408 g/mol. The Balaban J connectivity index is 0.00000280. The number of piperazine rings is 1. The van der Waals surface area contributed by atoms with Gasteiger partial charge in [0.1, 0.15) is 6.04 Å². The van der Waals surface area contributed by atoms with E-state index in [-0.39, 0.29) is 41.5 Å². The number of benzene rings is 1. The van der Waals surface area contributed by atoms with Crippen LogP contribution in [0.1, 0.15) is 26.2 Å². The van der Waals surface area contributed by atoms with E-state index in [9.17, 15) is 23.3 Å². The van der Waals surface area contributed by atoms with Crippen molar-refractivity contribution in [1.82, 2.24) is 14.5 Å². The van der Waals surface area contributed by atoms with Gasteiger partial charge < -0.3 is 10.2 Å². The van der Waals surface area contributed by atoms with Gasteiger partial charge in [0.2, 0.25) is 15.9 Å². The van der Waals surface area contributed by atoms with Gasteiger partial charge in [0, 0.05) is 44.4 Å². The van der Waals surface area contributed by atoms with Gasteiger partial charge >= 0.3 is 0 Å². The molecule has 1 aromatic carbocycles. The number of nitro benzene ring substituents is 1. The van der Waals surface area contributed by atoms with Gasteiger partial charge in [0.25, 0.3) is 5.69 Å². The molecule has 11 heteroatoms. The summed E-state index contributed by atoms with van der Waals surface area (Å²) in [5.41, 5.74) is -0.171. The quantitative estimate of drug-likeness (QED) is 0.568. The van der Waals surface area contributed by atoms with Crippen molar-refractivity contribution in [2.45, 2.75) is 43.2 Å². The molecule has 2 aliphatic rings. The summed E-state index contributed by atoms with van der Waals surface area (Å²) in [7, 11) is -3.90. The molecule has 2 atom stereocenters. The third-order valence-electron chi connectivity index (χ3n) is 5.07. The van der Waals surface area contributed by atoms with Crippen LogP contribution in [0.3, 0.4) is 0 Å². The van der Waals surface area contributed by atoms with Gasteiger partial charge in [-0.3, -0.25) is 14.9 Å². The van der Waals surface area contributed by atoms with Gasteiger partial charge in [-0.2, -0.15) is 4.31 Å². The third kappa shape index (κ3) is 4.62. The lowest BCUT2D eigenvalue weighted by molar-refractivity contribution is -0.384. The Bertz CT molecular complexity index is 817. The van der Waals surface area contributed by atoms with Crippen molar-refractivity contribution in [3.05, 3.63) is 34.4 Å². The molecular formula is C17H25ClN4O5S. The summed E-state index contributed by atoms with van der Waals surface area (Å²) in [6, 6.07) is 4.26. The lowest BCUT2D eigenvalue weighted by Gasteiger charge is -2.39. The smallest absolute Gasteiger partial charge is 0.269 e. The maximum absolute atomic E-state index is 13.1. The average Bonchev–Trinajstić information content (AvgIpc) is 2.67. The fraction of sp³-hybridized carbons (Fsp3) is 0.588. The van der Waals surface area contributed by atoms with Crippen molar-refractivity contribution in [2.75, 3.05) is 26.2 Å². The summed E-state index contributed by atoms with van der Waals surface area (Å²) >= 11 is 0. The van der Waals surface area contributed by atoms with Gasteiger partial charge in [-0.15, -0.1) is 12.4 Å². The van der Waals surface area contributed by atoms with Crippen molar-refractivity contribution < 1.29 is 18.1 Å². The maximum atomic E-state index is 13.1. The highest BCUT2D eigenvalue weighted by atomic mass is 35.5. The van der Waals surface area contributed by atoms with Crippen LogP contribution in [0.2, 0.25) is 0 Å². The van der Waals surface area contributed by atoms with Crippen LogP contribution in [0.4, 0.5) is 5.69 Å². The Morgan fingerprint density at radius 1 is 1.21 bits per heavy atom. The Morgan fingerprint density at radius 3 is 2.50 bits per heavy atom. The van der Waals surface area contributed by atoms with E-state index in [0.717, 1.165) is 6.42 Å². The zero-order valence-electron chi connectivity index (χ0n) is 15.6. The Kier molecular flexibility index (Phi) is 7.38. The van der Waals surface area contributed by atoms with E-state index in [1.165, 1.54) is 28.6 Å². The number of piperidine rings is 1. The van der Waals surface area contributed by atoms with Crippen LogP contribution in [0.5, 0.6) is 0 Å². The van der Waals surface area contributed by atoms with Crippen LogP contribution < -0.4 is 5.32 Å². The van der Waals surface area contributed by atoms with E-state index in [4.69, 9.17) is 0 Å². The first kappa shape index (κ1) is 22.5. The van der Waals surface area contributed by atoms with Crippen LogP contribution in [0.15, 0.2) is 29.2 Å². The number of hydrogen-bond acceptors (Lipinski definition) is 6. The van der Waals surface area contributed by atoms with Crippen LogP contribution in [-0.2, 0) is 14.8 Å². The number of hydrogen-bond donors (Lipinski definition) is 1. The number of nitrogens with one attached hydrogen (secondary N) is 1. The maximum Gasteiger partial charge on any atom is 0.269 e. The predicted octanol–water partition coefficient (Wildman–Crippen LogP) is 1.38.